The van der Waals surface area contributed by atoms with Gasteiger partial charge in [0.05, 0.1) is 18.8 Å². The molecule has 1 aromatic carbocycles. The number of fused-ring (bicyclic) bond motifs is 1. The van der Waals surface area contributed by atoms with Crippen molar-refractivity contribution in [2.24, 2.45) is 5.73 Å². The monoisotopic (exact) mass is 298 g/mol. The van der Waals surface area contributed by atoms with Crippen molar-refractivity contribution in [1.82, 2.24) is 5.06 Å². The summed E-state index contributed by atoms with van der Waals surface area (Å²) >= 11 is 1.70. The van der Waals surface area contributed by atoms with Gasteiger partial charge in [0.15, 0.2) is 0 Å². The van der Waals surface area contributed by atoms with Crippen molar-refractivity contribution in [2.75, 3.05) is 0 Å². The topological polar surface area (TPSA) is 51.6 Å². The first-order valence-corrected chi connectivity index (χ1v) is 7.59. The van der Waals surface area contributed by atoms with Crippen LogP contribution in [0.2, 0.25) is 0 Å². The summed E-state index contributed by atoms with van der Waals surface area (Å²) in [7, 11) is 0. The number of nitrogens with zero attached hydrogens (tertiary/aromatic N) is 1. The van der Waals surface area contributed by atoms with Crippen molar-refractivity contribution in [2.45, 2.75) is 12.6 Å². The molecule has 0 bridgehead atoms. The molecule has 4 nitrogen and oxygen atoms in total. The molecule has 1 aliphatic rings. The zero-order valence-corrected chi connectivity index (χ0v) is 12.0. The van der Waals surface area contributed by atoms with Crippen molar-refractivity contribution >= 4 is 22.3 Å². The van der Waals surface area contributed by atoms with Gasteiger partial charge in [-0.2, -0.15) is 0 Å². The summed E-state index contributed by atoms with van der Waals surface area (Å²) in [6, 6.07) is 12.1. The number of thiophene rings is 1. The van der Waals surface area contributed by atoms with Gasteiger partial charge >= 0.3 is 0 Å². The number of para-hydroxylation sites is 1. The van der Waals surface area contributed by atoms with Crippen LogP contribution in [0.25, 0.3) is 11.0 Å². The molecule has 2 N–H and O–H groups in total. The second-order valence-electron chi connectivity index (χ2n) is 4.95. The van der Waals surface area contributed by atoms with Crippen LogP contribution in [0.15, 0.2) is 64.4 Å². The van der Waals surface area contributed by atoms with Gasteiger partial charge in [-0.25, -0.2) is 0 Å². The Morgan fingerprint density at radius 2 is 2.10 bits per heavy atom. The number of hydrogen-bond acceptors (Lipinski definition) is 5. The van der Waals surface area contributed by atoms with Crippen LogP contribution < -0.4 is 5.73 Å². The largest absolute Gasteiger partial charge is 0.464 e. The zero-order valence-electron chi connectivity index (χ0n) is 11.2. The maximum atomic E-state index is 5.86. The summed E-state index contributed by atoms with van der Waals surface area (Å²) in [6.45, 7) is 0.693. The first-order chi connectivity index (χ1) is 10.3. The predicted molar refractivity (Wildman–Crippen MR) is 82.2 cm³/mol. The fraction of sp³-hybridized carbons (Fsp3) is 0.125. The minimum atomic E-state index is -0.0317. The minimum Gasteiger partial charge on any atom is -0.464 e. The molecule has 0 fully saturated rings. The molecule has 0 aliphatic carbocycles. The Kier molecular flexibility index (Phi) is 2.94. The second-order valence-corrected chi connectivity index (χ2v) is 5.98. The standard InChI is InChI=1S/C16H14N2O2S/c17-16-8-14(18(20-16)9-11-4-3-7-21-11)13-10-19-15-6-2-1-5-12(13)15/h1-8,10,14H,9,17H2. The summed E-state index contributed by atoms with van der Waals surface area (Å²) in [4.78, 5) is 6.89. The molecular formula is C16H14N2O2S. The Balaban J connectivity index is 1.71. The van der Waals surface area contributed by atoms with Gasteiger partial charge in [0.25, 0.3) is 0 Å². The summed E-state index contributed by atoms with van der Waals surface area (Å²) in [5.41, 5.74) is 7.81. The van der Waals surface area contributed by atoms with Gasteiger partial charge in [-0.05, 0) is 17.5 Å². The van der Waals surface area contributed by atoms with Crippen molar-refractivity contribution in [1.29, 1.82) is 0 Å². The lowest BCUT2D eigenvalue weighted by molar-refractivity contribution is -0.127. The average Bonchev–Trinajstić information content (AvgIpc) is 3.19. The summed E-state index contributed by atoms with van der Waals surface area (Å²) in [5, 5.41) is 5.04. The summed E-state index contributed by atoms with van der Waals surface area (Å²) in [6.07, 6.45) is 3.71. The molecule has 3 aromatic rings. The van der Waals surface area contributed by atoms with E-state index in [1.54, 1.807) is 17.6 Å². The SMILES string of the molecule is NC1=CC(c2coc3ccccc23)N(Cc2cccs2)O1. The number of hydrogen-bond donors (Lipinski definition) is 1. The van der Waals surface area contributed by atoms with Crippen molar-refractivity contribution in [3.05, 3.63) is 70.4 Å². The number of hydroxylamine groups is 2. The van der Waals surface area contributed by atoms with Crippen LogP contribution in [-0.2, 0) is 11.4 Å². The molecule has 2 aromatic heterocycles. The molecule has 0 amide bonds. The quantitative estimate of drug-likeness (QED) is 0.799. The highest BCUT2D eigenvalue weighted by Gasteiger charge is 2.30. The zero-order chi connectivity index (χ0) is 14.2. The van der Waals surface area contributed by atoms with Gasteiger partial charge in [0, 0.05) is 21.9 Å². The highest BCUT2D eigenvalue weighted by Crippen LogP contribution is 2.36. The van der Waals surface area contributed by atoms with Crippen LogP contribution in [0.3, 0.4) is 0 Å². The van der Waals surface area contributed by atoms with Crippen LogP contribution in [0.4, 0.5) is 0 Å². The molecule has 106 valence electrons. The van der Waals surface area contributed by atoms with Gasteiger partial charge in [-0.15, -0.1) is 16.4 Å². The Labute approximate surface area is 126 Å². The Hall–Kier alpha value is -2.24. The normalized spacial score (nSPS) is 18.9. The first-order valence-electron chi connectivity index (χ1n) is 6.72. The Morgan fingerprint density at radius 1 is 1.19 bits per heavy atom. The van der Waals surface area contributed by atoms with Gasteiger partial charge in [0.2, 0.25) is 5.88 Å². The maximum absolute atomic E-state index is 5.86. The van der Waals surface area contributed by atoms with Gasteiger partial charge in [-0.3, -0.25) is 0 Å². The highest BCUT2D eigenvalue weighted by molar-refractivity contribution is 7.09. The molecule has 1 unspecified atom stereocenters. The molecule has 1 atom stereocenters. The van der Waals surface area contributed by atoms with Gasteiger partial charge < -0.3 is 15.0 Å². The van der Waals surface area contributed by atoms with Crippen LogP contribution >= 0.6 is 11.3 Å². The van der Waals surface area contributed by atoms with E-state index in [1.807, 2.05) is 35.4 Å². The Bertz CT molecular complexity index is 792. The van der Waals surface area contributed by atoms with E-state index in [1.165, 1.54) is 4.88 Å². The number of benzene rings is 1. The third-order valence-corrected chi connectivity index (χ3v) is 4.44. The van der Waals surface area contributed by atoms with E-state index in [-0.39, 0.29) is 6.04 Å². The number of rotatable bonds is 3. The third-order valence-electron chi connectivity index (χ3n) is 3.58. The van der Waals surface area contributed by atoms with E-state index in [2.05, 4.69) is 17.5 Å². The predicted octanol–water partition coefficient (Wildman–Crippen LogP) is 3.78. The third kappa shape index (κ3) is 2.20. The Morgan fingerprint density at radius 3 is 2.95 bits per heavy atom. The lowest BCUT2D eigenvalue weighted by atomic mass is 10.1. The second kappa shape index (κ2) is 4.95. The summed E-state index contributed by atoms with van der Waals surface area (Å²) in [5.74, 6) is 0.432. The van der Waals surface area contributed by atoms with Crippen molar-refractivity contribution in [3.8, 4) is 0 Å². The van der Waals surface area contributed by atoms with Crippen LogP contribution in [-0.4, -0.2) is 5.06 Å². The van der Waals surface area contributed by atoms with Crippen molar-refractivity contribution < 1.29 is 9.25 Å². The molecular weight excluding hydrogens is 284 g/mol. The summed E-state index contributed by atoms with van der Waals surface area (Å²) < 4.78 is 5.63. The lowest BCUT2D eigenvalue weighted by Crippen LogP contribution is -2.22. The molecule has 21 heavy (non-hydrogen) atoms. The smallest absolute Gasteiger partial charge is 0.207 e. The van der Waals surface area contributed by atoms with Crippen LogP contribution in [0.5, 0.6) is 0 Å². The average molecular weight is 298 g/mol. The van der Waals surface area contributed by atoms with E-state index in [0.717, 1.165) is 16.5 Å². The molecule has 5 heteroatoms. The van der Waals surface area contributed by atoms with E-state index in [4.69, 9.17) is 15.0 Å². The first kappa shape index (κ1) is 12.5. The molecule has 0 saturated carbocycles. The lowest BCUT2D eigenvalue weighted by Gasteiger charge is -2.21. The van der Waals surface area contributed by atoms with Crippen LogP contribution in [0, 0.1) is 0 Å². The van der Waals surface area contributed by atoms with Gasteiger partial charge in [0.1, 0.15) is 5.58 Å². The number of nitrogens with two attached hydrogens (primary N) is 1. The molecule has 1 aliphatic heterocycles. The number of furan rings is 1. The fourth-order valence-electron chi connectivity index (χ4n) is 2.62. The molecule has 4 rings (SSSR count). The maximum Gasteiger partial charge on any atom is 0.207 e. The molecule has 0 spiro atoms. The molecule has 0 saturated heterocycles. The van der Waals surface area contributed by atoms with Gasteiger partial charge in [-0.1, -0.05) is 24.3 Å². The van der Waals surface area contributed by atoms with E-state index in [0.29, 0.717) is 12.4 Å². The van der Waals surface area contributed by atoms with Crippen molar-refractivity contribution in [3.63, 3.8) is 0 Å². The highest BCUT2D eigenvalue weighted by atomic mass is 32.1. The van der Waals surface area contributed by atoms with E-state index < -0.39 is 0 Å². The minimum absolute atomic E-state index is 0.0317. The van der Waals surface area contributed by atoms with E-state index in [9.17, 15) is 0 Å². The fourth-order valence-corrected chi connectivity index (χ4v) is 3.31. The van der Waals surface area contributed by atoms with E-state index >= 15 is 0 Å². The van der Waals surface area contributed by atoms with Crippen LogP contribution in [0.1, 0.15) is 16.5 Å². The molecule has 3 heterocycles. The molecule has 0 radical (unpaired) electrons.